The first kappa shape index (κ1) is 22.4. The van der Waals surface area contributed by atoms with Gasteiger partial charge in [-0.15, -0.1) is 24.8 Å². The fourth-order valence-electron chi connectivity index (χ4n) is 7.19. The lowest BCUT2D eigenvalue weighted by Crippen LogP contribution is -2.62. The molecule has 2 bridgehead atoms. The third-order valence-electron chi connectivity index (χ3n) is 8.52. The van der Waals surface area contributed by atoms with E-state index in [1.807, 2.05) is 0 Å². The van der Waals surface area contributed by atoms with E-state index in [4.69, 9.17) is 0 Å². The maximum atomic E-state index is 13.2. The number of halogens is 2. The van der Waals surface area contributed by atoms with Crippen molar-refractivity contribution in [1.82, 2.24) is 15.1 Å². The highest BCUT2D eigenvalue weighted by molar-refractivity contribution is 5.85. The van der Waals surface area contributed by atoms with Crippen LogP contribution in [-0.4, -0.2) is 60.5 Å². The molecule has 5 fully saturated rings. The van der Waals surface area contributed by atoms with Crippen LogP contribution in [0.1, 0.15) is 31.2 Å². The van der Waals surface area contributed by atoms with Gasteiger partial charge in [0.1, 0.15) is 0 Å². The van der Waals surface area contributed by atoms with Crippen LogP contribution >= 0.6 is 24.8 Å². The Morgan fingerprint density at radius 1 is 1.00 bits per heavy atom. The van der Waals surface area contributed by atoms with E-state index < -0.39 is 0 Å². The summed E-state index contributed by atoms with van der Waals surface area (Å²) in [5.41, 5.74) is 1.48. The van der Waals surface area contributed by atoms with Crippen molar-refractivity contribution < 1.29 is 4.79 Å². The van der Waals surface area contributed by atoms with Crippen LogP contribution in [0.2, 0.25) is 0 Å². The molecule has 4 nitrogen and oxygen atoms in total. The second-order valence-electron chi connectivity index (χ2n) is 10.2. The highest BCUT2D eigenvalue weighted by Gasteiger charge is 2.58. The number of piperidine rings is 4. The number of benzene rings is 1. The third-order valence-corrected chi connectivity index (χ3v) is 8.52. The second kappa shape index (κ2) is 8.97. The summed E-state index contributed by atoms with van der Waals surface area (Å²) in [6.07, 6.45) is 6.57. The predicted octanol–water partition coefficient (Wildman–Crippen LogP) is 3.24. The van der Waals surface area contributed by atoms with Crippen molar-refractivity contribution >= 4 is 30.7 Å². The number of rotatable bonds is 3. The average molecular weight is 452 g/mol. The third kappa shape index (κ3) is 3.90. The molecule has 6 heteroatoms. The number of hydrogen-bond donors (Lipinski definition) is 1. The summed E-state index contributed by atoms with van der Waals surface area (Å²) in [7, 11) is 0. The van der Waals surface area contributed by atoms with Crippen LogP contribution in [0.25, 0.3) is 0 Å². The highest BCUT2D eigenvalue weighted by Crippen LogP contribution is 2.50. The number of hydrogen-bond acceptors (Lipinski definition) is 3. The van der Waals surface area contributed by atoms with Crippen molar-refractivity contribution in [2.24, 2.45) is 29.6 Å². The summed E-state index contributed by atoms with van der Waals surface area (Å²) in [5.74, 6) is 3.54. The van der Waals surface area contributed by atoms with Gasteiger partial charge < -0.3 is 10.2 Å². The van der Waals surface area contributed by atoms with Gasteiger partial charge in [-0.3, -0.25) is 9.69 Å². The molecule has 1 unspecified atom stereocenters. The molecule has 0 spiro atoms. The first-order chi connectivity index (χ1) is 13.8. The number of nitrogens with zero attached hydrogens (tertiary/aromatic N) is 2. The molecule has 7 atom stereocenters. The summed E-state index contributed by atoms with van der Waals surface area (Å²) in [6, 6.07) is 12.4. The Bertz CT molecular complexity index is 737. The zero-order chi connectivity index (χ0) is 18.7. The molecule has 4 aliphatic heterocycles. The molecule has 30 heavy (non-hydrogen) atoms. The Kier molecular flexibility index (Phi) is 6.70. The SMILES string of the molecule is Cl.Cl.O=C(C1[C@H]2CNC[C@@H]12)N1C[C@@H]2C[C@H](C1)[C@@H]1CCC[C@H](Cc3ccccc3)N1C2. The lowest BCUT2D eigenvalue weighted by atomic mass is 9.74. The monoisotopic (exact) mass is 451 g/mol. The normalized spacial score (nSPS) is 39.2. The van der Waals surface area contributed by atoms with Crippen LogP contribution in [0.4, 0.5) is 0 Å². The van der Waals surface area contributed by atoms with Crippen LogP contribution in [0.3, 0.4) is 0 Å². The Labute approximate surface area is 193 Å². The van der Waals surface area contributed by atoms with Crippen molar-refractivity contribution in [3.05, 3.63) is 35.9 Å². The number of fused-ring (bicyclic) bond motifs is 5. The topological polar surface area (TPSA) is 35.6 Å². The van der Waals surface area contributed by atoms with E-state index in [0.29, 0.717) is 47.6 Å². The quantitative estimate of drug-likeness (QED) is 0.765. The zero-order valence-electron chi connectivity index (χ0n) is 17.6. The average Bonchev–Trinajstić information content (AvgIpc) is 3.19. The molecule has 1 N–H and O–H groups in total. The molecule has 1 aromatic carbocycles. The Balaban J connectivity index is 0.00000109. The molecule has 166 valence electrons. The fraction of sp³-hybridized carbons (Fsp3) is 0.708. The summed E-state index contributed by atoms with van der Waals surface area (Å²) >= 11 is 0. The molecule has 0 radical (unpaired) electrons. The van der Waals surface area contributed by atoms with Crippen molar-refractivity contribution in [3.8, 4) is 0 Å². The highest BCUT2D eigenvalue weighted by atomic mass is 35.5. The van der Waals surface area contributed by atoms with Gasteiger partial charge in [0, 0.05) is 37.6 Å². The molecule has 1 aromatic rings. The Hall–Kier alpha value is -0.810. The van der Waals surface area contributed by atoms with Gasteiger partial charge in [-0.05, 0) is 68.0 Å². The van der Waals surface area contributed by atoms with E-state index >= 15 is 0 Å². The maximum Gasteiger partial charge on any atom is 0.226 e. The standard InChI is InChI=1S/C24H33N3O.2ClH/c28-24(23-20-11-25-12-21(20)23)26-13-17-9-18(15-26)22-8-4-7-19(27(22)14-17)10-16-5-2-1-3-6-16;;/h1-3,5-6,17-23,25H,4,7-15H2;2*1H/t17-,18+,19+,20-,21+,22-,23?;;/m0../s1. The van der Waals surface area contributed by atoms with Gasteiger partial charge >= 0.3 is 0 Å². The maximum absolute atomic E-state index is 13.2. The lowest BCUT2D eigenvalue weighted by Gasteiger charge is -2.55. The summed E-state index contributed by atoms with van der Waals surface area (Å²) in [5, 5.41) is 3.43. The number of amides is 1. The number of likely N-dealkylation sites (tertiary alicyclic amines) is 1. The van der Waals surface area contributed by atoms with Crippen LogP contribution in [-0.2, 0) is 11.2 Å². The smallest absolute Gasteiger partial charge is 0.226 e. The van der Waals surface area contributed by atoms with Crippen LogP contribution in [0.5, 0.6) is 0 Å². The van der Waals surface area contributed by atoms with Crippen molar-refractivity contribution in [2.45, 2.75) is 44.2 Å². The van der Waals surface area contributed by atoms with E-state index in [1.54, 1.807) is 0 Å². The Morgan fingerprint density at radius 2 is 1.77 bits per heavy atom. The molecular formula is C24H35Cl2N3O. The van der Waals surface area contributed by atoms with Gasteiger partial charge in [-0.1, -0.05) is 36.8 Å². The van der Waals surface area contributed by atoms with Gasteiger partial charge in [-0.25, -0.2) is 0 Å². The van der Waals surface area contributed by atoms with Gasteiger partial charge in [0.15, 0.2) is 0 Å². The van der Waals surface area contributed by atoms with Gasteiger partial charge in [0.25, 0.3) is 0 Å². The molecule has 0 aromatic heterocycles. The second-order valence-corrected chi connectivity index (χ2v) is 10.2. The molecule has 6 rings (SSSR count). The minimum atomic E-state index is 0. The number of carbonyl (C=O) groups excluding carboxylic acids is 1. The van der Waals surface area contributed by atoms with E-state index in [0.717, 1.165) is 26.2 Å². The predicted molar refractivity (Wildman–Crippen MR) is 124 cm³/mol. The van der Waals surface area contributed by atoms with E-state index in [9.17, 15) is 4.79 Å². The van der Waals surface area contributed by atoms with Gasteiger partial charge in [0.2, 0.25) is 5.91 Å². The van der Waals surface area contributed by atoms with Crippen LogP contribution in [0.15, 0.2) is 30.3 Å². The van der Waals surface area contributed by atoms with Gasteiger partial charge in [-0.2, -0.15) is 0 Å². The van der Waals surface area contributed by atoms with E-state index in [1.165, 1.54) is 44.2 Å². The number of carbonyl (C=O) groups is 1. The van der Waals surface area contributed by atoms with E-state index in [-0.39, 0.29) is 24.8 Å². The van der Waals surface area contributed by atoms with Crippen LogP contribution < -0.4 is 5.32 Å². The first-order valence-electron chi connectivity index (χ1n) is 11.6. The fourth-order valence-corrected chi connectivity index (χ4v) is 7.19. The van der Waals surface area contributed by atoms with Crippen molar-refractivity contribution in [3.63, 3.8) is 0 Å². The molecule has 1 amide bonds. The summed E-state index contributed by atoms with van der Waals surface area (Å²) in [6.45, 7) is 5.39. The molecule has 1 saturated carbocycles. The minimum Gasteiger partial charge on any atom is -0.342 e. The molecular weight excluding hydrogens is 417 g/mol. The molecule has 4 heterocycles. The lowest BCUT2D eigenvalue weighted by molar-refractivity contribution is -0.141. The Morgan fingerprint density at radius 3 is 2.53 bits per heavy atom. The van der Waals surface area contributed by atoms with Crippen molar-refractivity contribution in [2.75, 3.05) is 32.7 Å². The van der Waals surface area contributed by atoms with E-state index in [2.05, 4.69) is 45.4 Å². The van der Waals surface area contributed by atoms with Gasteiger partial charge in [0.05, 0.1) is 0 Å². The molecule has 4 saturated heterocycles. The van der Waals surface area contributed by atoms with Crippen LogP contribution in [0, 0.1) is 29.6 Å². The summed E-state index contributed by atoms with van der Waals surface area (Å²) in [4.78, 5) is 18.3. The summed E-state index contributed by atoms with van der Waals surface area (Å²) < 4.78 is 0. The zero-order valence-corrected chi connectivity index (χ0v) is 19.3. The molecule has 1 aliphatic carbocycles. The minimum absolute atomic E-state index is 0. The first-order valence-corrected chi connectivity index (χ1v) is 11.6. The van der Waals surface area contributed by atoms with Crippen molar-refractivity contribution in [1.29, 1.82) is 0 Å². The number of nitrogens with one attached hydrogen (secondary N) is 1. The largest absolute Gasteiger partial charge is 0.342 e. The molecule has 5 aliphatic rings.